The molecule has 0 unspecified atom stereocenters. The number of hydrogen-bond donors (Lipinski definition) is 2. The number of aromatic nitrogens is 3. The Morgan fingerprint density at radius 3 is 2.57 bits per heavy atom. The van der Waals surface area contributed by atoms with Gasteiger partial charge in [-0.1, -0.05) is 12.1 Å². The van der Waals surface area contributed by atoms with E-state index in [-0.39, 0.29) is 11.5 Å². The molecule has 0 bridgehead atoms. The number of benzene rings is 1. The van der Waals surface area contributed by atoms with Crippen LogP contribution in [0.4, 0.5) is 5.69 Å². The van der Waals surface area contributed by atoms with Crippen LogP contribution in [0, 0.1) is 13.8 Å². The molecule has 3 heterocycles. The molecular formula is C22H24N4O4. The summed E-state index contributed by atoms with van der Waals surface area (Å²) in [5, 5.41) is 9.72. The average molecular weight is 408 g/mol. The Labute approximate surface area is 173 Å². The Hall–Kier alpha value is -3.26. The topological polar surface area (TPSA) is 110 Å². The van der Waals surface area contributed by atoms with Gasteiger partial charge in [-0.3, -0.25) is 9.89 Å². The van der Waals surface area contributed by atoms with E-state index in [4.69, 9.17) is 9.15 Å². The molecule has 0 aliphatic carbocycles. The van der Waals surface area contributed by atoms with E-state index in [1.54, 1.807) is 25.1 Å². The van der Waals surface area contributed by atoms with Gasteiger partial charge in [-0.05, 0) is 56.0 Å². The SMILES string of the molecule is Cc1nc(Cc2ccc(NC(=O)c3c(C)cc(C4CCOCC4)oc3=O)cc2)n[nH]1. The molecule has 1 aliphatic heterocycles. The molecule has 1 amide bonds. The minimum Gasteiger partial charge on any atom is -0.427 e. The van der Waals surface area contributed by atoms with Crippen molar-refractivity contribution >= 4 is 11.6 Å². The van der Waals surface area contributed by atoms with Gasteiger partial charge >= 0.3 is 5.63 Å². The van der Waals surface area contributed by atoms with Crippen LogP contribution in [0.1, 0.15) is 57.7 Å². The maximum atomic E-state index is 12.7. The molecular weight excluding hydrogens is 384 g/mol. The van der Waals surface area contributed by atoms with Crippen molar-refractivity contribution in [2.45, 2.75) is 39.0 Å². The molecule has 1 fully saturated rings. The highest BCUT2D eigenvalue weighted by Gasteiger charge is 2.23. The Kier molecular flexibility index (Phi) is 5.76. The standard InChI is InChI=1S/C22H24N4O4/c1-13-11-18(16-7-9-29-10-8-16)30-22(28)20(13)21(27)24-17-5-3-15(4-6-17)12-19-23-14(2)25-26-19/h3-6,11,16H,7-10,12H2,1-2H3,(H,24,27)(H,23,25,26). The monoisotopic (exact) mass is 408 g/mol. The number of nitrogens with zero attached hydrogens (tertiary/aromatic N) is 2. The van der Waals surface area contributed by atoms with Crippen molar-refractivity contribution in [3.63, 3.8) is 0 Å². The van der Waals surface area contributed by atoms with Crippen LogP contribution in [0.2, 0.25) is 0 Å². The number of carbonyl (C=O) groups is 1. The second-order valence-corrected chi connectivity index (χ2v) is 7.55. The molecule has 0 atom stereocenters. The second kappa shape index (κ2) is 8.62. The van der Waals surface area contributed by atoms with Gasteiger partial charge in [0.05, 0.1) is 0 Å². The number of H-pyrrole nitrogens is 1. The summed E-state index contributed by atoms with van der Waals surface area (Å²) in [5.74, 6) is 1.79. The van der Waals surface area contributed by atoms with E-state index in [2.05, 4.69) is 20.5 Å². The first-order valence-corrected chi connectivity index (χ1v) is 10.00. The fourth-order valence-corrected chi connectivity index (χ4v) is 3.64. The molecule has 30 heavy (non-hydrogen) atoms. The Morgan fingerprint density at radius 2 is 1.93 bits per heavy atom. The summed E-state index contributed by atoms with van der Waals surface area (Å²) >= 11 is 0. The third-order valence-corrected chi connectivity index (χ3v) is 5.24. The van der Waals surface area contributed by atoms with E-state index >= 15 is 0 Å². The molecule has 0 spiro atoms. The molecule has 8 nitrogen and oxygen atoms in total. The van der Waals surface area contributed by atoms with Crippen LogP contribution in [-0.2, 0) is 11.2 Å². The summed E-state index contributed by atoms with van der Waals surface area (Å²) in [7, 11) is 0. The van der Waals surface area contributed by atoms with Crippen molar-refractivity contribution in [2.75, 3.05) is 18.5 Å². The maximum absolute atomic E-state index is 12.7. The summed E-state index contributed by atoms with van der Waals surface area (Å²) in [5.41, 5.74) is 1.66. The van der Waals surface area contributed by atoms with E-state index in [0.29, 0.717) is 42.5 Å². The second-order valence-electron chi connectivity index (χ2n) is 7.55. The predicted octanol–water partition coefficient (Wildman–Crippen LogP) is 3.11. The lowest BCUT2D eigenvalue weighted by atomic mass is 9.95. The molecule has 2 aromatic heterocycles. The van der Waals surface area contributed by atoms with E-state index < -0.39 is 11.5 Å². The van der Waals surface area contributed by atoms with Crippen LogP contribution in [-0.4, -0.2) is 34.3 Å². The first-order valence-electron chi connectivity index (χ1n) is 10.00. The highest BCUT2D eigenvalue weighted by atomic mass is 16.5. The van der Waals surface area contributed by atoms with Crippen molar-refractivity contribution in [3.8, 4) is 0 Å². The van der Waals surface area contributed by atoms with Crippen LogP contribution in [0.15, 0.2) is 39.5 Å². The van der Waals surface area contributed by atoms with Crippen molar-refractivity contribution in [3.05, 3.63) is 74.9 Å². The highest BCUT2D eigenvalue weighted by molar-refractivity contribution is 6.04. The fraction of sp³-hybridized carbons (Fsp3) is 0.364. The smallest absolute Gasteiger partial charge is 0.349 e. The fourth-order valence-electron chi connectivity index (χ4n) is 3.64. The van der Waals surface area contributed by atoms with Crippen LogP contribution >= 0.6 is 0 Å². The van der Waals surface area contributed by atoms with Gasteiger partial charge in [0.1, 0.15) is 17.1 Å². The van der Waals surface area contributed by atoms with E-state index in [9.17, 15) is 9.59 Å². The number of amides is 1. The predicted molar refractivity (Wildman–Crippen MR) is 111 cm³/mol. The quantitative estimate of drug-likeness (QED) is 0.671. The minimum absolute atomic E-state index is 0.0334. The average Bonchev–Trinajstić information content (AvgIpc) is 3.14. The van der Waals surface area contributed by atoms with E-state index in [1.807, 2.05) is 19.1 Å². The molecule has 2 N–H and O–H groups in total. The van der Waals surface area contributed by atoms with Gasteiger partial charge < -0.3 is 14.5 Å². The Bertz CT molecular complexity index is 1100. The van der Waals surface area contributed by atoms with Crippen molar-refractivity contribution < 1.29 is 13.9 Å². The van der Waals surface area contributed by atoms with Crippen molar-refractivity contribution in [1.29, 1.82) is 0 Å². The van der Waals surface area contributed by atoms with Crippen LogP contribution in [0.3, 0.4) is 0 Å². The third kappa shape index (κ3) is 4.49. The number of carbonyl (C=O) groups excluding carboxylic acids is 1. The molecule has 156 valence electrons. The van der Waals surface area contributed by atoms with Gasteiger partial charge in [0, 0.05) is 31.2 Å². The largest absolute Gasteiger partial charge is 0.427 e. The third-order valence-electron chi connectivity index (χ3n) is 5.24. The first kappa shape index (κ1) is 20.0. The number of anilines is 1. The Balaban J connectivity index is 1.46. The summed E-state index contributed by atoms with van der Waals surface area (Å²) < 4.78 is 10.8. The number of nitrogens with one attached hydrogen (secondary N) is 2. The molecule has 0 saturated carbocycles. The number of ether oxygens (including phenoxy) is 1. The van der Waals surface area contributed by atoms with Crippen molar-refractivity contribution in [2.24, 2.45) is 0 Å². The zero-order chi connectivity index (χ0) is 21.1. The maximum Gasteiger partial charge on any atom is 0.349 e. The number of hydrogen-bond acceptors (Lipinski definition) is 6. The van der Waals surface area contributed by atoms with Gasteiger partial charge in [-0.2, -0.15) is 5.10 Å². The first-order chi connectivity index (χ1) is 14.5. The lowest BCUT2D eigenvalue weighted by molar-refractivity contribution is 0.0796. The summed E-state index contributed by atoms with van der Waals surface area (Å²) in [4.78, 5) is 29.5. The molecule has 1 saturated heterocycles. The van der Waals surface area contributed by atoms with Crippen molar-refractivity contribution in [1.82, 2.24) is 15.2 Å². The number of rotatable bonds is 5. The molecule has 1 aliphatic rings. The van der Waals surface area contributed by atoms with Crippen LogP contribution in [0.5, 0.6) is 0 Å². The van der Waals surface area contributed by atoms with Gasteiger partial charge in [0.15, 0.2) is 5.82 Å². The minimum atomic E-state index is -0.606. The summed E-state index contributed by atoms with van der Waals surface area (Å²) in [6.07, 6.45) is 2.22. The summed E-state index contributed by atoms with van der Waals surface area (Å²) in [6, 6.07) is 9.17. The zero-order valence-electron chi connectivity index (χ0n) is 17.0. The number of aryl methyl sites for hydroxylation is 2. The molecule has 4 rings (SSSR count). The lowest BCUT2D eigenvalue weighted by Gasteiger charge is -2.21. The number of aromatic amines is 1. The van der Waals surface area contributed by atoms with Gasteiger partial charge in [0.25, 0.3) is 5.91 Å². The van der Waals surface area contributed by atoms with Crippen LogP contribution < -0.4 is 10.9 Å². The van der Waals surface area contributed by atoms with Gasteiger partial charge in [0.2, 0.25) is 0 Å². The highest BCUT2D eigenvalue weighted by Crippen LogP contribution is 2.27. The van der Waals surface area contributed by atoms with E-state index in [1.165, 1.54) is 0 Å². The molecule has 1 aromatic carbocycles. The van der Waals surface area contributed by atoms with Crippen LogP contribution in [0.25, 0.3) is 0 Å². The molecule has 8 heteroatoms. The molecule has 0 radical (unpaired) electrons. The van der Waals surface area contributed by atoms with Gasteiger partial charge in [-0.15, -0.1) is 0 Å². The normalized spacial score (nSPS) is 14.6. The van der Waals surface area contributed by atoms with E-state index in [0.717, 1.165) is 24.2 Å². The Morgan fingerprint density at radius 1 is 1.20 bits per heavy atom. The lowest BCUT2D eigenvalue weighted by Crippen LogP contribution is -2.24. The summed E-state index contributed by atoms with van der Waals surface area (Å²) in [6.45, 7) is 4.92. The zero-order valence-corrected chi connectivity index (χ0v) is 17.0. The van der Waals surface area contributed by atoms with Gasteiger partial charge in [-0.25, -0.2) is 9.78 Å². The molecule has 3 aromatic rings.